The Morgan fingerprint density at radius 2 is 2.00 bits per heavy atom. The van der Waals surface area contributed by atoms with E-state index < -0.39 is 41.5 Å². The number of aliphatic hydroxyl groups is 2. The van der Waals surface area contributed by atoms with Crippen LogP contribution in [0.4, 0.5) is 11.5 Å². The fraction of sp³-hybridized carbons (Fsp3) is 0.455. The zero-order valence-electron chi connectivity index (χ0n) is 19.6. The Morgan fingerprint density at radius 3 is 2.70 bits per heavy atom. The predicted molar refractivity (Wildman–Crippen MR) is 134 cm³/mol. The summed E-state index contributed by atoms with van der Waals surface area (Å²) >= 11 is 1.38. The van der Waals surface area contributed by atoms with Crippen molar-refractivity contribution < 1.29 is 29.8 Å². The summed E-state index contributed by atoms with van der Waals surface area (Å²) in [7, 11) is 0. The highest BCUT2D eigenvalue weighted by atomic mass is 32.2. The van der Waals surface area contributed by atoms with Crippen LogP contribution in [0.2, 0.25) is 0 Å². The molecule has 3 aromatic rings. The number of aliphatic carboxylic acids is 1. The van der Waals surface area contributed by atoms with Gasteiger partial charge in [-0.15, -0.1) is 0 Å². The molecular weight excluding hydrogens is 506 g/mol. The molecule has 6 N–H and O–H groups in total. The van der Waals surface area contributed by atoms with Gasteiger partial charge in [-0.1, -0.05) is 12.1 Å². The third-order valence-electron chi connectivity index (χ3n) is 6.00. The molecule has 0 spiro atoms. The lowest BCUT2D eigenvalue weighted by molar-refractivity contribution is -0.384. The van der Waals surface area contributed by atoms with Crippen LogP contribution in [-0.2, 0) is 16.0 Å². The summed E-state index contributed by atoms with van der Waals surface area (Å²) in [4.78, 5) is 34.1. The second-order valence-electron chi connectivity index (χ2n) is 8.50. The van der Waals surface area contributed by atoms with Crippen molar-refractivity contribution in [3.8, 4) is 0 Å². The van der Waals surface area contributed by atoms with E-state index in [1.54, 1.807) is 12.1 Å². The number of carboxylic acid groups (broad SMARTS) is 1. The van der Waals surface area contributed by atoms with Gasteiger partial charge in [-0.05, 0) is 24.2 Å². The highest BCUT2D eigenvalue weighted by Crippen LogP contribution is 2.33. The minimum Gasteiger partial charge on any atom is -0.480 e. The third-order valence-corrected chi connectivity index (χ3v) is 7.08. The number of aromatic nitrogens is 4. The summed E-state index contributed by atoms with van der Waals surface area (Å²) in [5.41, 5.74) is 7.31. The average Bonchev–Trinajstić information content (AvgIpc) is 3.43. The van der Waals surface area contributed by atoms with E-state index in [1.165, 1.54) is 41.1 Å². The van der Waals surface area contributed by atoms with Crippen molar-refractivity contribution in [2.24, 2.45) is 5.73 Å². The molecule has 2 aromatic heterocycles. The van der Waals surface area contributed by atoms with Gasteiger partial charge in [0.1, 0.15) is 24.6 Å². The summed E-state index contributed by atoms with van der Waals surface area (Å²) < 4.78 is 7.46. The van der Waals surface area contributed by atoms with Crippen LogP contribution in [0, 0.1) is 10.1 Å². The fourth-order valence-corrected chi connectivity index (χ4v) is 5.00. The van der Waals surface area contributed by atoms with Gasteiger partial charge in [-0.3, -0.25) is 19.5 Å². The van der Waals surface area contributed by atoms with Crippen LogP contribution in [0.1, 0.15) is 18.2 Å². The fourth-order valence-electron chi connectivity index (χ4n) is 3.91. The SMILES string of the molecule is NC(CCSC[C@H]1O[C@@H](n2cnc3c(NCCc4ccc([N+](=O)[O-])cc4)ncnc32)[C@H](O)[C@@H]1O)C(=O)O. The molecule has 1 saturated heterocycles. The number of rotatable bonds is 12. The molecule has 4 rings (SSSR count). The number of benzene rings is 1. The number of ether oxygens (including phenoxy) is 1. The summed E-state index contributed by atoms with van der Waals surface area (Å²) in [6.07, 6.45) is -0.287. The van der Waals surface area contributed by atoms with E-state index in [-0.39, 0.29) is 12.1 Å². The number of carboxylic acids is 1. The Kier molecular flexibility index (Phi) is 8.50. The van der Waals surface area contributed by atoms with Crippen LogP contribution in [0.5, 0.6) is 0 Å². The Morgan fingerprint density at radius 1 is 1.24 bits per heavy atom. The number of nitrogens with one attached hydrogen (secondary N) is 1. The number of hydrogen-bond donors (Lipinski definition) is 5. The van der Waals surface area contributed by atoms with E-state index in [9.17, 15) is 25.1 Å². The molecule has 0 saturated carbocycles. The van der Waals surface area contributed by atoms with E-state index in [4.69, 9.17) is 15.6 Å². The molecule has 14 nitrogen and oxygen atoms in total. The van der Waals surface area contributed by atoms with Crippen molar-refractivity contribution in [3.05, 3.63) is 52.6 Å². The molecule has 3 heterocycles. The number of non-ortho nitro benzene ring substituents is 1. The molecular formula is C22H27N7O7S. The van der Waals surface area contributed by atoms with Crippen molar-refractivity contribution in [1.29, 1.82) is 0 Å². The monoisotopic (exact) mass is 533 g/mol. The summed E-state index contributed by atoms with van der Waals surface area (Å²) in [6.45, 7) is 0.489. The van der Waals surface area contributed by atoms with E-state index >= 15 is 0 Å². The van der Waals surface area contributed by atoms with E-state index in [1.807, 2.05) is 0 Å². The van der Waals surface area contributed by atoms with Crippen LogP contribution in [-0.4, -0.2) is 88.1 Å². The maximum Gasteiger partial charge on any atom is 0.320 e. The number of nitro groups is 1. The molecule has 0 radical (unpaired) electrons. The molecule has 1 aliphatic heterocycles. The highest BCUT2D eigenvalue weighted by Gasteiger charge is 2.44. The molecule has 0 bridgehead atoms. The molecule has 1 unspecified atom stereocenters. The minimum absolute atomic E-state index is 0.0319. The van der Waals surface area contributed by atoms with Crippen molar-refractivity contribution in [1.82, 2.24) is 19.5 Å². The second kappa shape index (κ2) is 11.8. The number of fused-ring (bicyclic) bond motifs is 1. The average molecular weight is 534 g/mol. The highest BCUT2D eigenvalue weighted by molar-refractivity contribution is 7.99. The van der Waals surface area contributed by atoms with Gasteiger partial charge in [0.25, 0.3) is 5.69 Å². The largest absolute Gasteiger partial charge is 0.480 e. The van der Waals surface area contributed by atoms with Crippen molar-refractivity contribution >= 4 is 40.4 Å². The Hall–Kier alpha value is -3.37. The lowest BCUT2D eigenvalue weighted by Gasteiger charge is -2.16. The zero-order valence-corrected chi connectivity index (χ0v) is 20.4. The van der Waals surface area contributed by atoms with Gasteiger partial charge in [-0.25, -0.2) is 15.0 Å². The molecule has 5 atom stereocenters. The molecule has 1 fully saturated rings. The van der Waals surface area contributed by atoms with Gasteiger partial charge in [0.15, 0.2) is 23.2 Å². The lowest BCUT2D eigenvalue weighted by atomic mass is 10.1. The van der Waals surface area contributed by atoms with E-state index in [2.05, 4.69) is 20.3 Å². The smallest absolute Gasteiger partial charge is 0.320 e. The molecule has 1 aliphatic rings. The summed E-state index contributed by atoms with van der Waals surface area (Å²) in [5, 5.41) is 44.0. The van der Waals surface area contributed by atoms with Crippen LogP contribution in [0.25, 0.3) is 11.2 Å². The first-order valence-corrected chi connectivity index (χ1v) is 12.6. The number of thioether (sulfide) groups is 1. The molecule has 37 heavy (non-hydrogen) atoms. The number of nitrogens with two attached hydrogens (primary N) is 1. The Labute approximate surface area is 215 Å². The second-order valence-corrected chi connectivity index (χ2v) is 9.65. The minimum atomic E-state index is -1.22. The number of nitrogens with zero attached hydrogens (tertiary/aromatic N) is 5. The van der Waals surface area contributed by atoms with Gasteiger partial charge in [0, 0.05) is 24.4 Å². The quantitative estimate of drug-likeness (QED) is 0.122. The van der Waals surface area contributed by atoms with E-state index in [0.29, 0.717) is 41.5 Å². The lowest BCUT2D eigenvalue weighted by Crippen LogP contribution is -2.33. The number of aliphatic hydroxyl groups excluding tert-OH is 2. The van der Waals surface area contributed by atoms with Gasteiger partial charge in [0.05, 0.1) is 17.4 Å². The van der Waals surface area contributed by atoms with Gasteiger partial charge in [0.2, 0.25) is 0 Å². The van der Waals surface area contributed by atoms with Crippen molar-refractivity contribution in [2.45, 2.75) is 43.4 Å². The molecule has 0 aliphatic carbocycles. The zero-order chi connectivity index (χ0) is 26.5. The number of imidazole rings is 1. The maximum absolute atomic E-state index is 10.8. The molecule has 0 amide bonds. The number of anilines is 1. The maximum atomic E-state index is 10.8. The standard InChI is InChI=1S/C22H27N7O7S/c23-14(22(32)33)6-8-37-9-15-17(30)18(31)21(36-15)28-11-27-16-19(25-10-26-20(16)28)24-7-5-12-1-3-13(4-2-12)29(34)35/h1-4,10-11,14-15,17-18,21,30-31H,5-9,23H2,(H,32,33)(H,24,25,26)/t14?,15-,17-,18-,21-/m1/s1. The van der Waals surface area contributed by atoms with Crippen molar-refractivity contribution in [3.63, 3.8) is 0 Å². The molecule has 198 valence electrons. The van der Waals surface area contributed by atoms with E-state index in [0.717, 1.165) is 5.56 Å². The molecule has 1 aromatic carbocycles. The van der Waals surface area contributed by atoms with Gasteiger partial charge < -0.3 is 31.1 Å². The first-order valence-electron chi connectivity index (χ1n) is 11.5. The first-order chi connectivity index (χ1) is 17.8. The number of carbonyl (C=O) groups is 1. The van der Waals surface area contributed by atoms with Crippen LogP contribution < -0.4 is 11.1 Å². The summed E-state index contributed by atoms with van der Waals surface area (Å²) in [6, 6.07) is 5.36. The van der Waals surface area contributed by atoms with Crippen LogP contribution >= 0.6 is 11.8 Å². The molecule has 15 heteroatoms. The van der Waals surface area contributed by atoms with Gasteiger partial charge in [-0.2, -0.15) is 11.8 Å². The first kappa shape index (κ1) is 26.7. The summed E-state index contributed by atoms with van der Waals surface area (Å²) in [5.74, 6) is 0.220. The van der Waals surface area contributed by atoms with Crippen LogP contribution in [0.3, 0.4) is 0 Å². The third kappa shape index (κ3) is 6.14. The Bertz CT molecular complexity index is 1240. The normalized spacial score (nSPS) is 22.2. The van der Waals surface area contributed by atoms with Crippen LogP contribution in [0.15, 0.2) is 36.9 Å². The topological polar surface area (TPSA) is 212 Å². The van der Waals surface area contributed by atoms with Gasteiger partial charge >= 0.3 is 5.97 Å². The number of nitro benzene ring substituents is 1. The number of hydrogen-bond acceptors (Lipinski definition) is 12. The Balaban J connectivity index is 1.37. The predicted octanol–water partition coefficient (Wildman–Crippen LogP) is 0.543. The van der Waals surface area contributed by atoms with Crippen molar-refractivity contribution in [2.75, 3.05) is 23.4 Å².